The first-order valence-electron chi connectivity index (χ1n) is 5.31. The van der Waals surface area contributed by atoms with E-state index < -0.39 is 0 Å². The Morgan fingerprint density at radius 1 is 1.47 bits per heavy atom. The third-order valence-corrected chi connectivity index (χ3v) is 2.91. The molecule has 0 saturated carbocycles. The number of nitrogens with one attached hydrogen (secondary N) is 1. The molecule has 0 radical (unpaired) electrons. The lowest BCUT2D eigenvalue weighted by Gasteiger charge is -2.42. The summed E-state index contributed by atoms with van der Waals surface area (Å²) in [7, 11) is 0. The molecular weight excluding hydrogens is 193 g/mol. The van der Waals surface area contributed by atoms with Crippen molar-refractivity contribution in [1.29, 1.82) is 0 Å². The van der Waals surface area contributed by atoms with Crippen molar-refractivity contribution in [3.05, 3.63) is 35.6 Å². The first-order chi connectivity index (χ1) is 7.27. The van der Waals surface area contributed by atoms with Crippen molar-refractivity contribution in [1.82, 2.24) is 5.32 Å². The molecule has 1 aromatic rings. The molecule has 0 amide bonds. The van der Waals surface area contributed by atoms with Crippen molar-refractivity contribution in [2.45, 2.75) is 12.3 Å². The summed E-state index contributed by atoms with van der Waals surface area (Å²) in [6.45, 7) is 5.22. The lowest BCUT2D eigenvalue weighted by molar-refractivity contribution is -0.0589. The van der Waals surface area contributed by atoms with E-state index in [1.165, 1.54) is 6.07 Å². The summed E-state index contributed by atoms with van der Waals surface area (Å²) in [6.07, 6.45) is 0. The van der Waals surface area contributed by atoms with Crippen LogP contribution in [0, 0.1) is 5.82 Å². The predicted molar refractivity (Wildman–Crippen MR) is 57.4 cm³/mol. The van der Waals surface area contributed by atoms with E-state index in [1.54, 1.807) is 12.1 Å². The van der Waals surface area contributed by atoms with Crippen molar-refractivity contribution in [2.24, 2.45) is 0 Å². The van der Waals surface area contributed by atoms with Crippen LogP contribution in [-0.2, 0) is 10.2 Å². The Morgan fingerprint density at radius 2 is 2.27 bits per heavy atom. The van der Waals surface area contributed by atoms with E-state index >= 15 is 0 Å². The van der Waals surface area contributed by atoms with E-state index in [2.05, 4.69) is 12.2 Å². The average Bonchev–Trinajstić information content (AvgIpc) is 2.16. The molecule has 0 aliphatic carbocycles. The van der Waals surface area contributed by atoms with Gasteiger partial charge in [0.15, 0.2) is 0 Å². The van der Waals surface area contributed by atoms with Gasteiger partial charge in [0.05, 0.1) is 18.6 Å². The average molecular weight is 209 g/mol. The lowest BCUT2D eigenvalue weighted by atomic mass is 9.78. The second-order valence-corrected chi connectivity index (χ2v) is 4.06. The maximum atomic E-state index is 13.1. The molecule has 1 N–H and O–H groups in total. The molecule has 1 saturated heterocycles. The van der Waals surface area contributed by atoms with Crippen LogP contribution in [0.25, 0.3) is 0 Å². The Morgan fingerprint density at radius 3 is 2.80 bits per heavy atom. The van der Waals surface area contributed by atoms with Gasteiger partial charge >= 0.3 is 0 Å². The second kappa shape index (κ2) is 4.29. The van der Waals surface area contributed by atoms with Crippen LogP contribution in [0.2, 0.25) is 0 Å². The Hall–Kier alpha value is -0.930. The van der Waals surface area contributed by atoms with Crippen LogP contribution in [0.3, 0.4) is 0 Å². The van der Waals surface area contributed by atoms with Crippen LogP contribution in [0.1, 0.15) is 12.5 Å². The van der Waals surface area contributed by atoms with Crippen LogP contribution in [-0.4, -0.2) is 26.3 Å². The van der Waals surface area contributed by atoms with Gasteiger partial charge in [0.1, 0.15) is 5.82 Å². The van der Waals surface area contributed by atoms with E-state index in [1.807, 2.05) is 6.07 Å². The van der Waals surface area contributed by atoms with Gasteiger partial charge < -0.3 is 10.1 Å². The molecular formula is C12H16FNO. The largest absolute Gasteiger partial charge is 0.379 e. The highest BCUT2D eigenvalue weighted by Gasteiger charge is 2.39. The normalized spacial score (nSPS) is 18.5. The van der Waals surface area contributed by atoms with Crippen molar-refractivity contribution in [3.63, 3.8) is 0 Å². The summed E-state index contributed by atoms with van der Waals surface area (Å²) >= 11 is 0. The summed E-state index contributed by atoms with van der Waals surface area (Å²) in [4.78, 5) is 0. The van der Waals surface area contributed by atoms with E-state index in [4.69, 9.17) is 4.74 Å². The zero-order valence-electron chi connectivity index (χ0n) is 8.92. The molecule has 1 aliphatic rings. The lowest BCUT2D eigenvalue weighted by Crippen LogP contribution is -2.53. The molecule has 0 unspecified atom stereocenters. The molecule has 82 valence electrons. The number of rotatable bonds is 4. The number of likely N-dealkylation sites (N-methyl/N-ethyl adjacent to an activating group) is 1. The van der Waals surface area contributed by atoms with Gasteiger partial charge in [-0.1, -0.05) is 19.1 Å². The van der Waals surface area contributed by atoms with Crippen molar-refractivity contribution in [2.75, 3.05) is 26.3 Å². The van der Waals surface area contributed by atoms with Gasteiger partial charge in [-0.15, -0.1) is 0 Å². The fourth-order valence-corrected chi connectivity index (χ4v) is 1.90. The Kier molecular flexibility index (Phi) is 3.03. The minimum absolute atomic E-state index is 0.0158. The summed E-state index contributed by atoms with van der Waals surface area (Å²) < 4.78 is 18.4. The second-order valence-electron chi connectivity index (χ2n) is 4.06. The highest BCUT2D eigenvalue weighted by Crippen LogP contribution is 2.31. The first kappa shape index (κ1) is 10.6. The summed E-state index contributed by atoms with van der Waals surface area (Å²) in [5.41, 5.74) is 1.02. The molecule has 1 aliphatic heterocycles. The minimum atomic E-state index is -0.171. The van der Waals surface area contributed by atoms with Crippen LogP contribution in [0.5, 0.6) is 0 Å². The predicted octanol–water partition coefficient (Wildman–Crippen LogP) is 1.70. The standard InChI is InChI=1S/C12H16FNO/c1-2-14-7-12(8-15-9-12)10-4-3-5-11(13)6-10/h3-6,14H,2,7-9H2,1H3. The number of benzene rings is 1. The van der Waals surface area contributed by atoms with Gasteiger partial charge in [0, 0.05) is 6.54 Å². The van der Waals surface area contributed by atoms with Crippen LogP contribution < -0.4 is 5.32 Å². The highest BCUT2D eigenvalue weighted by atomic mass is 19.1. The monoisotopic (exact) mass is 209 g/mol. The van der Waals surface area contributed by atoms with E-state index in [0.29, 0.717) is 13.2 Å². The van der Waals surface area contributed by atoms with Crippen molar-refractivity contribution < 1.29 is 9.13 Å². The number of halogens is 1. The van der Waals surface area contributed by atoms with Gasteiger partial charge in [-0.05, 0) is 24.2 Å². The summed E-state index contributed by atoms with van der Waals surface area (Å²) in [6, 6.07) is 6.82. The molecule has 1 aromatic carbocycles. The van der Waals surface area contributed by atoms with Gasteiger partial charge in [-0.2, -0.15) is 0 Å². The quantitative estimate of drug-likeness (QED) is 0.815. The third-order valence-electron chi connectivity index (χ3n) is 2.91. The summed E-state index contributed by atoms with van der Waals surface area (Å²) in [5, 5.41) is 3.31. The Labute approximate surface area is 89.4 Å². The molecule has 3 heteroatoms. The topological polar surface area (TPSA) is 21.3 Å². The molecule has 0 aromatic heterocycles. The van der Waals surface area contributed by atoms with E-state index in [-0.39, 0.29) is 11.2 Å². The first-order valence-corrected chi connectivity index (χ1v) is 5.31. The van der Waals surface area contributed by atoms with Crippen molar-refractivity contribution >= 4 is 0 Å². The number of ether oxygens (including phenoxy) is 1. The third kappa shape index (κ3) is 2.03. The summed E-state index contributed by atoms with van der Waals surface area (Å²) in [5.74, 6) is -0.171. The van der Waals surface area contributed by atoms with Gasteiger partial charge in [-0.3, -0.25) is 0 Å². The smallest absolute Gasteiger partial charge is 0.123 e. The van der Waals surface area contributed by atoms with Crippen LogP contribution in [0.15, 0.2) is 24.3 Å². The zero-order valence-corrected chi connectivity index (χ0v) is 8.92. The Bertz CT molecular complexity index is 336. The number of hydrogen-bond acceptors (Lipinski definition) is 2. The fourth-order valence-electron chi connectivity index (χ4n) is 1.90. The molecule has 0 bridgehead atoms. The van der Waals surface area contributed by atoms with Crippen molar-refractivity contribution in [3.8, 4) is 0 Å². The molecule has 1 heterocycles. The van der Waals surface area contributed by atoms with Gasteiger partial charge in [-0.25, -0.2) is 4.39 Å². The molecule has 0 atom stereocenters. The Balaban J connectivity index is 2.18. The SMILES string of the molecule is CCNCC1(c2cccc(F)c2)COC1. The van der Waals surface area contributed by atoms with E-state index in [9.17, 15) is 4.39 Å². The van der Waals surface area contributed by atoms with Crippen LogP contribution >= 0.6 is 0 Å². The molecule has 0 spiro atoms. The highest BCUT2D eigenvalue weighted by molar-refractivity contribution is 5.29. The maximum Gasteiger partial charge on any atom is 0.123 e. The fraction of sp³-hybridized carbons (Fsp3) is 0.500. The molecule has 15 heavy (non-hydrogen) atoms. The molecule has 1 fully saturated rings. The van der Waals surface area contributed by atoms with Crippen LogP contribution in [0.4, 0.5) is 4.39 Å². The van der Waals surface area contributed by atoms with Gasteiger partial charge in [0.2, 0.25) is 0 Å². The van der Waals surface area contributed by atoms with Gasteiger partial charge in [0.25, 0.3) is 0 Å². The molecule has 2 rings (SSSR count). The maximum absolute atomic E-state index is 13.1. The van der Waals surface area contributed by atoms with E-state index in [0.717, 1.165) is 18.7 Å². The molecule has 2 nitrogen and oxygen atoms in total. The minimum Gasteiger partial charge on any atom is -0.379 e. The zero-order chi connectivity index (χ0) is 10.7. The number of hydrogen-bond donors (Lipinski definition) is 1.